The van der Waals surface area contributed by atoms with Crippen LogP contribution in [0.1, 0.15) is 12.5 Å². The van der Waals surface area contributed by atoms with E-state index in [2.05, 4.69) is 0 Å². The van der Waals surface area contributed by atoms with Crippen molar-refractivity contribution in [3.8, 4) is 5.75 Å². The molecule has 0 amide bonds. The summed E-state index contributed by atoms with van der Waals surface area (Å²) in [5.74, 6) is 0.163. The molecule has 2 atom stereocenters. The first-order valence-electron chi connectivity index (χ1n) is 4.19. The summed E-state index contributed by atoms with van der Waals surface area (Å²) in [5.41, 5.74) is 0.770. The Labute approximate surface area is 76.6 Å². The fraction of sp³-hybridized carbons (Fsp3) is 0.400. The van der Waals surface area contributed by atoms with Crippen molar-refractivity contribution >= 4 is 0 Å². The molecule has 2 unspecified atom stereocenters. The Morgan fingerprint density at radius 1 is 1.31 bits per heavy atom. The van der Waals surface area contributed by atoms with Crippen LogP contribution >= 0.6 is 0 Å². The lowest BCUT2D eigenvalue weighted by Gasteiger charge is -2.10. The summed E-state index contributed by atoms with van der Waals surface area (Å²) in [4.78, 5) is 0. The number of aliphatic hydroxyl groups excluding tert-OH is 1. The minimum Gasteiger partial charge on any atom is -0.508 e. The first-order valence-corrected chi connectivity index (χ1v) is 4.19. The van der Waals surface area contributed by atoms with Gasteiger partial charge >= 0.3 is 0 Å². The van der Waals surface area contributed by atoms with E-state index in [4.69, 9.17) is 10.2 Å². The van der Waals surface area contributed by atoms with E-state index < -0.39 is 12.3 Å². The number of halogens is 1. The van der Waals surface area contributed by atoms with E-state index in [0.717, 1.165) is 5.56 Å². The molecule has 72 valence electrons. The number of alkyl halides is 1. The van der Waals surface area contributed by atoms with Gasteiger partial charge in [-0.25, -0.2) is 4.39 Å². The average Bonchev–Trinajstić information content (AvgIpc) is 2.08. The van der Waals surface area contributed by atoms with Crippen molar-refractivity contribution in [2.75, 3.05) is 0 Å². The van der Waals surface area contributed by atoms with Crippen LogP contribution in [0.5, 0.6) is 5.75 Å². The lowest BCUT2D eigenvalue weighted by Crippen LogP contribution is -2.20. The van der Waals surface area contributed by atoms with E-state index in [-0.39, 0.29) is 12.2 Å². The summed E-state index contributed by atoms with van der Waals surface area (Å²) in [6.45, 7) is 1.42. The van der Waals surface area contributed by atoms with Crippen LogP contribution in [-0.2, 0) is 6.42 Å². The van der Waals surface area contributed by atoms with Crippen LogP contribution in [0.3, 0.4) is 0 Å². The van der Waals surface area contributed by atoms with Gasteiger partial charge in [0.2, 0.25) is 0 Å². The molecule has 13 heavy (non-hydrogen) atoms. The van der Waals surface area contributed by atoms with E-state index in [1.165, 1.54) is 19.1 Å². The second kappa shape index (κ2) is 4.23. The maximum Gasteiger partial charge on any atom is 0.130 e. The van der Waals surface area contributed by atoms with Crippen LogP contribution in [0, 0.1) is 0 Å². The molecular weight excluding hydrogens is 171 g/mol. The maximum atomic E-state index is 13.0. The summed E-state index contributed by atoms with van der Waals surface area (Å²) >= 11 is 0. The van der Waals surface area contributed by atoms with Gasteiger partial charge in [0.15, 0.2) is 0 Å². The van der Waals surface area contributed by atoms with E-state index in [1.54, 1.807) is 12.1 Å². The zero-order valence-corrected chi connectivity index (χ0v) is 7.44. The summed E-state index contributed by atoms with van der Waals surface area (Å²) < 4.78 is 13.0. The molecule has 1 aromatic carbocycles. The Morgan fingerprint density at radius 2 is 1.85 bits per heavy atom. The number of benzene rings is 1. The van der Waals surface area contributed by atoms with Gasteiger partial charge in [0.05, 0.1) is 6.10 Å². The van der Waals surface area contributed by atoms with Gasteiger partial charge in [-0.1, -0.05) is 12.1 Å². The number of phenolic OH excluding ortho intramolecular Hbond substituents is 1. The molecule has 1 aromatic rings. The third kappa shape index (κ3) is 3.03. The Balaban J connectivity index is 2.59. The molecule has 0 aliphatic rings. The highest BCUT2D eigenvalue weighted by Gasteiger charge is 2.13. The fourth-order valence-electron chi connectivity index (χ4n) is 1.03. The first-order chi connectivity index (χ1) is 6.09. The molecule has 0 aliphatic carbocycles. The van der Waals surface area contributed by atoms with Crippen molar-refractivity contribution in [2.45, 2.75) is 25.6 Å². The third-order valence-electron chi connectivity index (χ3n) is 1.89. The fourth-order valence-corrected chi connectivity index (χ4v) is 1.03. The predicted molar refractivity (Wildman–Crippen MR) is 48.4 cm³/mol. The quantitative estimate of drug-likeness (QED) is 0.749. The molecule has 0 radical (unpaired) electrons. The number of hydrogen-bond donors (Lipinski definition) is 2. The smallest absolute Gasteiger partial charge is 0.130 e. The molecule has 0 spiro atoms. The van der Waals surface area contributed by atoms with Gasteiger partial charge in [0, 0.05) is 6.42 Å². The highest BCUT2D eigenvalue weighted by Crippen LogP contribution is 2.13. The van der Waals surface area contributed by atoms with Gasteiger partial charge in [-0.15, -0.1) is 0 Å². The standard InChI is InChI=1S/C10H13FO2/c1-7(12)10(11)6-8-2-4-9(13)5-3-8/h2-5,7,10,12-13H,6H2,1H3. The first kappa shape index (κ1) is 9.99. The largest absolute Gasteiger partial charge is 0.508 e. The second-order valence-electron chi connectivity index (χ2n) is 3.13. The second-order valence-corrected chi connectivity index (χ2v) is 3.13. The van der Waals surface area contributed by atoms with Gasteiger partial charge in [0.1, 0.15) is 11.9 Å². The molecule has 2 nitrogen and oxygen atoms in total. The molecular formula is C10H13FO2. The molecule has 0 bridgehead atoms. The van der Waals surface area contributed by atoms with E-state index in [9.17, 15) is 4.39 Å². The lowest BCUT2D eigenvalue weighted by molar-refractivity contribution is 0.0932. The van der Waals surface area contributed by atoms with E-state index in [0.29, 0.717) is 0 Å². The zero-order valence-electron chi connectivity index (χ0n) is 7.44. The van der Waals surface area contributed by atoms with Gasteiger partial charge in [0.25, 0.3) is 0 Å². The highest BCUT2D eigenvalue weighted by molar-refractivity contribution is 5.26. The van der Waals surface area contributed by atoms with Crippen LogP contribution in [0.15, 0.2) is 24.3 Å². The number of hydrogen-bond acceptors (Lipinski definition) is 2. The van der Waals surface area contributed by atoms with Crippen LogP contribution < -0.4 is 0 Å². The third-order valence-corrected chi connectivity index (χ3v) is 1.89. The molecule has 3 heteroatoms. The zero-order chi connectivity index (χ0) is 9.84. The number of rotatable bonds is 3. The van der Waals surface area contributed by atoms with Crippen molar-refractivity contribution in [3.63, 3.8) is 0 Å². The monoisotopic (exact) mass is 184 g/mol. The van der Waals surface area contributed by atoms with Crippen LogP contribution in [0.2, 0.25) is 0 Å². The average molecular weight is 184 g/mol. The Bertz CT molecular complexity index is 256. The lowest BCUT2D eigenvalue weighted by atomic mass is 10.1. The predicted octanol–water partition coefficient (Wildman–Crippen LogP) is 1.65. The molecule has 0 aliphatic heterocycles. The van der Waals surface area contributed by atoms with Crippen molar-refractivity contribution in [3.05, 3.63) is 29.8 Å². The van der Waals surface area contributed by atoms with Gasteiger partial charge in [-0.2, -0.15) is 0 Å². The minimum atomic E-state index is -1.25. The van der Waals surface area contributed by atoms with E-state index in [1.807, 2.05) is 0 Å². The molecule has 2 N–H and O–H groups in total. The molecule has 1 rings (SSSR count). The number of aromatic hydroxyl groups is 1. The number of aliphatic hydroxyl groups is 1. The Morgan fingerprint density at radius 3 is 2.31 bits per heavy atom. The summed E-state index contributed by atoms with van der Waals surface area (Å²) in [6, 6.07) is 6.29. The molecule has 0 heterocycles. The molecule has 0 saturated heterocycles. The Kier molecular flexibility index (Phi) is 3.25. The van der Waals surface area contributed by atoms with Crippen LogP contribution in [0.25, 0.3) is 0 Å². The van der Waals surface area contributed by atoms with Crippen molar-refractivity contribution in [1.29, 1.82) is 0 Å². The topological polar surface area (TPSA) is 40.5 Å². The summed E-state index contributed by atoms with van der Waals surface area (Å²) in [5, 5.41) is 17.9. The normalized spacial score (nSPS) is 15.3. The summed E-state index contributed by atoms with van der Waals surface area (Å²) in [7, 11) is 0. The summed E-state index contributed by atoms with van der Waals surface area (Å²) in [6.07, 6.45) is -2.02. The van der Waals surface area contributed by atoms with Gasteiger partial charge < -0.3 is 10.2 Å². The molecule has 0 aromatic heterocycles. The number of phenols is 1. The van der Waals surface area contributed by atoms with Gasteiger partial charge in [-0.3, -0.25) is 0 Å². The van der Waals surface area contributed by atoms with E-state index >= 15 is 0 Å². The van der Waals surface area contributed by atoms with Crippen molar-refractivity contribution in [2.24, 2.45) is 0 Å². The minimum absolute atomic E-state index is 0.163. The molecule has 0 saturated carbocycles. The van der Waals surface area contributed by atoms with Gasteiger partial charge in [-0.05, 0) is 24.6 Å². The SMILES string of the molecule is CC(O)C(F)Cc1ccc(O)cc1. The van der Waals surface area contributed by atoms with Crippen LogP contribution in [0.4, 0.5) is 4.39 Å². The molecule has 0 fully saturated rings. The van der Waals surface area contributed by atoms with Crippen molar-refractivity contribution in [1.82, 2.24) is 0 Å². The highest BCUT2D eigenvalue weighted by atomic mass is 19.1. The van der Waals surface area contributed by atoms with Crippen molar-refractivity contribution < 1.29 is 14.6 Å². The maximum absolute atomic E-state index is 13.0. The Hall–Kier alpha value is -1.09. The van der Waals surface area contributed by atoms with Crippen LogP contribution in [-0.4, -0.2) is 22.5 Å².